The van der Waals surface area contributed by atoms with Crippen LogP contribution >= 0.6 is 0 Å². The topological polar surface area (TPSA) is 0 Å². The fourth-order valence-electron chi connectivity index (χ4n) is 2.91. The van der Waals surface area contributed by atoms with E-state index in [2.05, 4.69) is 83.1 Å². The summed E-state index contributed by atoms with van der Waals surface area (Å²) in [6.07, 6.45) is 13.5. The normalized spacial score (nSPS) is 13.8. The van der Waals surface area contributed by atoms with E-state index in [0.717, 1.165) is 11.8 Å². The summed E-state index contributed by atoms with van der Waals surface area (Å²) in [5, 5.41) is 0. The summed E-state index contributed by atoms with van der Waals surface area (Å²) in [5.41, 5.74) is 1.21. The molecule has 0 amide bonds. The predicted molar refractivity (Wildman–Crippen MR) is 126 cm³/mol. The van der Waals surface area contributed by atoms with Gasteiger partial charge in [0.05, 0.1) is 0 Å². The monoisotopic (exact) mass is 370 g/mol. The molecule has 0 aliphatic carbocycles. The van der Waals surface area contributed by atoms with Gasteiger partial charge in [-0.25, -0.2) is 0 Å². The summed E-state index contributed by atoms with van der Waals surface area (Å²) in [6.45, 7) is 27.6. The molecule has 0 bridgehead atoms. The van der Waals surface area contributed by atoms with Gasteiger partial charge in [0.15, 0.2) is 0 Å². The lowest BCUT2D eigenvalue weighted by Gasteiger charge is -2.23. The fourth-order valence-corrected chi connectivity index (χ4v) is 2.91. The highest BCUT2D eigenvalue weighted by Crippen LogP contribution is 2.28. The van der Waals surface area contributed by atoms with Gasteiger partial charge in [-0.05, 0) is 29.1 Å². The minimum atomic E-state index is 0.583. The molecule has 0 nitrogen and oxygen atoms in total. The highest BCUT2D eigenvalue weighted by atomic mass is 14.2. The van der Waals surface area contributed by atoms with Gasteiger partial charge in [0.2, 0.25) is 0 Å². The highest BCUT2D eigenvalue weighted by Gasteiger charge is 2.15. The molecule has 0 radical (unpaired) electrons. The molecular weight excluding hydrogens is 312 g/mol. The van der Waals surface area contributed by atoms with Crippen LogP contribution in [0.4, 0.5) is 0 Å². The summed E-state index contributed by atoms with van der Waals surface area (Å²) >= 11 is 0. The molecule has 0 aliphatic rings. The van der Waals surface area contributed by atoms with Crippen LogP contribution in [0.1, 0.15) is 147 Å². The van der Waals surface area contributed by atoms with Crippen molar-refractivity contribution in [3.8, 4) is 0 Å². The maximum absolute atomic E-state index is 2.38. The Morgan fingerprint density at radius 3 is 0.962 bits per heavy atom. The van der Waals surface area contributed by atoms with Gasteiger partial charge in [0, 0.05) is 0 Å². The second kappa shape index (κ2) is 18.4. The third-order valence-corrected chi connectivity index (χ3v) is 6.84. The lowest BCUT2D eigenvalue weighted by molar-refractivity contribution is 0.286. The van der Waals surface area contributed by atoms with E-state index in [0.29, 0.717) is 10.8 Å². The third-order valence-electron chi connectivity index (χ3n) is 6.84. The van der Waals surface area contributed by atoms with Crippen LogP contribution in [0, 0.1) is 22.7 Å². The minimum absolute atomic E-state index is 0.583. The molecule has 0 fully saturated rings. The first-order valence-electron chi connectivity index (χ1n) is 12.0. The second-order valence-corrected chi connectivity index (χ2v) is 9.77. The Kier molecular flexibility index (Phi) is 21.7. The third kappa shape index (κ3) is 20.3. The van der Waals surface area contributed by atoms with E-state index in [-0.39, 0.29) is 0 Å². The van der Waals surface area contributed by atoms with Crippen LogP contribution in [0.15, 0.2) is 0 Å². The average molecular weight is 371 g/mol. The maximum Gasteiger partial charge on any atom is -0.0334 e. The molecule has 0 aromatic carbocycles. The molecule has 0 N–H and O–H groups in total. The SMILES string of the molecule is CCC(C)(C)CC.CCC(C)(CC)CC.CCCC(C)CC(C)CCC. The van der Waals surface area contributed by atoms with Crippen molar-refractivity contribution in [2.45, 2.75) is 147 Å². The molecule has 0 saturated heterocycles. The predicted octanol–water partition coefficient (Wildman–Crippen LogP) is 10.3. The van der Waals surface area contributed by atoms with Gasteiger partial charge in [-0.15, -0.1) is 0 Å². The number of hydrogen-bond acceptors (Lipinski definition) is 0. The van der Waals surface area contributed by atoms with E-state index in [1.54, 1.807) is 0 Å². The first-order valence-corrected chi connectivity index (χ1v) is 12.0. The quantitative estimate of drug-likeness (QED) is 0.339. The van der Waals surface area contributed by atoms with Crippen LogP contribution in [0.2, 0.25) is 0 Å². The average Bonchev–Trinajstić information content (AvgIpc) is 2.62. The Labute approximate surface area is 170 Å². The first kappa shape index (κ1) is 30.7. The fraction of sp³-hybridized carbons (Fsp3) is 1.00. The summed E-state index contributed by atoms with van der Waals surface area (Å²) in [6, 6.07) is 0. The highest BCUT2D eigenvalue weighted by molar-refractivity contribution is 4.67. The van der Waals surface area contributed by atoms with E-state index >= 15 is 0 Å². The van der Waals surface area contributed by atoms with E-state index in [1.165, 1.54) is 64.2 Å². The lowest BCUT2D eigenvalue weighted by Crippen LogP contribution is -2.10. The van der Waals surface area contributed by atoms with Gasteiger partial charge in [-0.1, -0.05) is 141 Å². The molecule has 0 spiro atoms. The van der Waals surface area contributed by atoms with Gasteiger partial charge >= 0.3 is 0 Å². The van der Waals surface area contributed by atoms with Crippen LogP contribution in [-0.4, -0.2) is 0 Å². The summed E-state index contributed by atoms with van der Waals surface area (Å²) in [4.78, 5) is 0. The van der Waals surface area contributed by atoms with Gasteiger partial charge in [-0.3, -0.25) is 0 Å². The Morgan fingerprint density at radius 2 is 0.846 bits per heavy atom. The molecule has 0 aliphatic heterocycles. The van der Waals surface area contributed by atoms with Crippen molar-refractivity contribution in [3.63, 3.8) is 0 Å². The minimum Gasteiger partial charge on any atom is -0.0654 e. The number of rotatable bonds is 11. The molecule has 2 unspecified atom stereocenters. The molecule has 0 aromatic heterocycles. The van der Waals surface area contributed by atoms with Crippen molar-refractivity contribution in [3.05, 3.63) is 0 Å². The largest absolute Gasteiger partial charge is 0.0654 e. The Hall–Kier alpha value is 0. The molecule has 26 heavy (non-hydrogen) atoms. The summed E-state index contributed by atoms with van der Waals surface area (Å²) < 4.78 is 0. The summed E-state index contributed by atoms with van der Waals surface area (Å²) in [5.74, 6) is 1.89. The van der Waals surface area contributed by atoms with Crippen molar-refractivity contribution >= 4 is 0 Å². The van der Waals surface area contributed by atoms with Crippen LogP contribution in [-0.2, 0) is 0 Å². The molecule has 2 atom stereocenters. The molecule has 0 saturated carbocycles. The van der Waals surface area contributed by atoms with Gasteiger partial charge in [-0.2, -0.15) is 0 Å². The van der Waals surface area contributed by atoms with E-state index in [1.807, 2.05) is 0 Å². The summed E-state index contributed by atoms with van der Waals surface area (Å²) in [7, 11) is 0. The first-order chi connectivity index (χ1) is 12.0. The van der Waals surface area contributed by atoms with Crippen molar-refractivity contribution in [1.29, 1.82) is 0 Å². The number of hydrogen-bond donors (Lipinski definition) is 0. The molecule has 0 rings (SSSR count). The Bertz CT molecular complexity index is 235. The van der Waals surface area contributed by atoms with E-state index in [4.69, 9.17) is 0 Å². The maximum atomic E-state index is 2.38. The van der Waals surface area contributed by atoms with Crippen LogP contribution in [0.25, 0.3) is 0 Å². The van der Waals surface area contributed by atoms with Gasteiger partial charge < -0.3 is 0 Å². The Morgan fingerprint density at radius 1 is 0.538 bits per heavy atom. The smallest absolute Gasteiger partial charge is 0.0334 e. The van der Waals surface area contributed by atoms with Crippen LogP contribution < -0.4 is 0 Å². The standard InChI is InChI=1S/C11H24.C8H18.C7H16/c1-5-7-10(3)9-11(4)8-6-2;1-5-8(4,6-2)7-3;1-5-7(3,4)6-2/h10-11H,5-9H2,1-4H3;5-7H2,1-4H3;5-6H2,1-4H3. The van der Waals surface area contributed by atoms with E-state index in [9.17, 15) is 0 Å². The van der Waals surface area contributed by atoms with Crippen LogP contribution in [0.5, 0.6) is 0 Å². The van der Waals surface area contributed by atoms with Crippen molar-refractivity contribution in [2.24, 2.45) is 22.7 Å². The molecule has 0 heteroatoms. The Balaban J connectivity index is -0.000000315. The molecule has 162 valence electrons. The van der Waals surface area contributed by atoms with Crippen molar-refractivity contribution in [2.75, 3.05) is 0 Å². The van der Waals surface area contributed by atoms with E-state index < -0.39 is 0 Å². The lowest BCUT2D eigenvalue weighted by atomic mass is 9.82. The van der Waals surface area contributed by atoms with Gasteiger partial charge in [0.1, 0.15) is 0 Å². The zero-order chi connectivity index (χ0) is 21.2. The molecule has 0 aromatic rings. The molecular formula is C26H58. The van der Waals surface area contributed by atoms with Crippen molar-refractivity contribution < 1.29 is 0 Å². The molecule has 0 heterocycles. The van der Waals surface area contributed by atoms with Crippen LogP contribution in [0.3, 0.4) is 0 Å². The zero-order valence-corrected chi connectivity index (χ0v) is 21.2. The van der Waals surface area contributed by atoms with Crippen molar-refractivity contribution in [1.82, 2.24) is 0 Å². The second-order valence-electron chi connectivity index (χ2n) is 9.77. The zero-order valence-electron chi connectivity index (χ0n) is 21.2. The van der Waals surface area contributed by atoms with Gasteiger partial charge in [0.25, 0.3) is 0 Å².